The molecular formula is C81H153NO5. The Bertz CT molecular complexity index is 1450. The van der Waals surface area contributed by atoms with Crippen LogP contribution in [-0.2, 0) is 14.3 Å². The number of hydrogen-bond acceptors (Lipinski definition) is 5. The van der Waals surface area contributed by atoms with Crippen LogP contribution in [0, 0.1) is 0 Å². The topological polar surface area (TPSA) is 95.9 Å². The van der Waals surface area contributed by atoms with Gasteiger partial charge in [-0.2, -0.15) is 0 Å². The van der Waals surface area contributed by atoms with Crippen LogP contribution in [0.4, 0.5) is 0 Å². The fourth-order valence-corrected chi connectivity index (χ4v) is 12.4. The van der Waals surface area contributed by atoms with Crippen LogP contribution in [0.2, 0.25) is 0 Å². The Morgan fingerprint density at radius 3 is 0.885 bits per heavy atom. The molecule has 0 aliphatic carbocycles. The molecule has 87 heavy (non-hydrogen) atoms. The van der Waals surface area contributed by atoms with Gasteiger partial charge in [0.15, 0.2) is 0 Å². The lowest BCUT2D eigenvalue weighted by atomic mass is 10.0. The normalized spacial score (nSPS) is 12.7. The first-order valence-corrected chi connectivity index (χ1v) is 39.4. The lowest BCUT2D eigenvalue weighted by Crippen LogP contribution is -2.45. The summed E-state index contributed by atoms with van der Waals surface area (Å²) in [5.74, 6) is -0.0295. The molecule has 6 nitrogen and oxygen atoms in total. The maximum Gasteiger partial charge on any atom is 0.305 e. The maximum absolute atomic E-state index is 12.6. The van der Waals surface area contributed by atoms with Crippen molar-refractivity contribution < 1.29 is 24.5 Å². The number of aliphatic hydroxyl groups is 2. The SMILES string of the molecule is CCCCCC/C=C\C/C=C\CCCCCCCC(=O)OCCCCCCCCCCC/C=C\C/C=C\CCCCCCCCCCCCCCCCCC(=O)NC(CO)C(O)CCCCCCCCCCCCCCCCCCCCCCCCC. The molecule has 0 aliphatic rings. The largest absolute Gasteiger partial charge is 0.466 e. The van der Waals surface area contributed by atoms with Crippen LogP contribution < -0.4 is 5.32 Å². The molecular weight excluding hydrogens is 1070 g/mol. The second kappa shape index (κ2) is 76.3. The molecule has 0 heterocycles. The number of unbranched alkanes of at least 4 members (excludes halogenated alkanes) is 55. The summed E-state index contributed by atoms with van der Waals surface area (Å²) in [6.45, 7) is 4.97. The van der Waals surface area contributed by atoms with Crippen molar-refractivity contribution in [2.75, 3.05) is 13.2 Å². The average molecular weight is 1220 g/mol. The van der Waals surface area contributed by atoms with E-state index in [2.05, 4.69) is 67.8 Å². The number of ether oxygens (including phenoxy) is 1. The second-order valence-corrected chi connectivity index (χ2v) is 27.0. The highest BCUT2D eigenvalue weighted by Gasteiger charge is 2.20. The minimum atomic E-state index is -0.666. The quantitative estimate of drug-likeness (QED) is 0.0320. The number of amides is 1. The minimum absolute atomic E-state index is 0.000188. The summed E-state index contributed by atoms with van der Waals surface area (Å²) >= 11 is 0. The zero-order chi connectivity index (χ0) is 62.8. The first-order chi connectivity index (χ1) is 43.0. The van der Waals surface area contributed by atoms with Gasteiger partial charge < -0.3 is 20.3 Å². The summed E-state index contributed by atoms with van der Waals surface area (Å²) in [5, 5.41) is 23.5. The van der Waals surface area contributed by atoms with Crippen molar-refractivity contribution in [3.63, 3.8) is 0 Å². The lowest BCUT2D eigenvalue weighted by Gasteiger charge is -2.22. The summed E-state index contributed by atoms with van der Waals surface area (Å²) < 4.78 is 5.49. The van der Waals surface area contributed by atoms with E-state index in [0.717, 1.165) is 57.8 Å². The van der Waals surface area contributed by atoms with Gasteiger partial charge in [0.2, 0.25) is 5.91 Å². The molecule has 1 amide bonds. The number of rotatable bonds is 74. The van der Waals surface area contributed by atoms with E-state index in [4.69, 9.17) is 4.74 Å². The number of allylic oxidation sites excluding steroid dienone is 8. The van der Waals surface area contributed by atoms with Crippen LogP contribution in [0.1, 0.15) is 431 Å². The number of nitrogens with one attached hydrogen (secondary N) is 1. The second-order valence-electron chi connectivity index (χ2n) is 27.0. The van der Waals surface area contributed by atoms with E-state index in [1.54, 1.807) is 0 Å². The Morgan fingerprint density at radius 1 is 0.322 bits per heavy atom. The molecule has 0 spiro atoms. The summed E-state index contributed by atoms with van der Waals surface area (Å²) in [4.78, 5) is 24.7. The predicted molar refractivity (Wildman–Crippen MR) is 384 cm³/mol. The van der Waals surface area contributed by atoms with Crippen LogP contribution in [0.3, 0.4) is 0 Å². The Hall–Kier alpha value is -2.18. The number of carbonyl (C=O) groups excluding carboxylic acids is 2. The van der Waals surface area contributed by atoms with Gasteiger partial charge in [-0.1, -0.05) is 377 Å². The van der Waals surface area contributed by atoms with Crippen LogP contribution in [0.5, 0.6) is 0 Å². The van der Waals surface area contributed by atoms with E-state index >= 15 is 0 Å². The van der Waals surface area contributed by atoms with E-state index in [-0.39, 0.29) is 18.5 Å². The van der Waals surface area contributed by atoms with E-state index in [1.165, 1.54) is 340 Å². The van der Waals surface area contributed by atoms with Gasteiger partial charge in [0.05, 0.1) is 25.4 Å². The van der Waals surface area contributed by atoms with Crippen molar-refractivity contribution in [3.8, 4) is 0 Å². The highest BCUT2D eigenvalue weighted by atomic mass is 16.5. The third-order valence-corrected chi connectivity index (χ3v) is 18.4. The first kappa shape index (κ1) is 84.8. The molecule has 0 aromatic heterocycles. The highest BCUT2D eigenvalue weighted by Crippen LogP contribution is 2.19. The Kier molecular flexibility index (Phi) is 74.4. The molecule has 0 saturated carbocycles. The third-order valence-electron chi connectivity index (χ3n) is 18.4. The number of aliphatic hydroxyl groups excluding tert-OH is 2. The van der Waals surface area contributed by atoms with E-state index < -0.39 is 12.1 Å². The summed E-state index contributed by atoms with van der Waals surface area (Å²) in [6, 6.07) is -0.543. The van der Waals surface area contributed by atoms with E-state index in [1.807, 2.05) is 0 Å². The van der Waals surface area contributed by atoms with Gasteiger partial charge in [0.25, 0.3) is 0 Å². The van der Waals surface area contributed by atoms with Crippen LogP contribution >= 0.6 is 0 Å². The molecule has 0 rings (SSSR count). The zero-order valence-corrected chi connectivity index (χ0v) is 58.8. The summed E-state index contributed by atoms with van der Waals surface area (Å²) in [6.07, 6.45) is 100. The molecule has 0 aromatic rings. The van der Waals surface area contributed by atoms with Gasteiger partial charge in [0.1, 0.15) is 0 Å². The van der Waals surface area contributed by atoms with Crippen LogP contribution in [0.15, 0.2) is 48.6 Å². The maximum atomic E-state index is 12.6. The standard InChI is InChI=1S/C81H153NO5/c1-3-5-7-9-11-13-15-17-19-21-22-23-33-36-39-42-45-49-53-57-61-65-69-73-79(84)78(77-83)82-80(85)74-70-66-62-58-54-50-46-43-40-37-34-31-29-27-25-24-26-28-30-32-35-38-41-44-48-52-56-60-64-68-72-76-87-81(86)75-71-67-63-59-55-51-47-20-18-16-14-12-10-8-6-4-2/h14,16,20,26,28,32,35,47,78-79,83-84H,3-13,15,17-19,21-25,27,29-31,33-34,36-46,48-77H2,1-2H3,(H,82,85)/b16-14-,28-26-,35-32-,47-20-. The Balaban J connectivity index is 3.40. The van der Waals surface area contributed by atoms with Gasteiger partial charge >= 0.3 is 5.97 Å². The molecule has 2 unspecified atom stereocenters. The average Bonchev–Trinajstić information content (AvgIpc) is 3.52. The van der Waals surface area contributed by atoms with Crippen molar-refractivity contribution >= 4 is 11.9 Å². The fourth-order valence-electron chi connectivity index (χ4n) is 12.4. The van der Waals surface area contributed by atoms with Gasteiger partial charge in [-0.3, -0.25) is 9.59 Å². The van der Waals surface area contributed by atoms with E-state index in [0.29, 0.717) is 25.9 Å². The van der Waals surface area contributed by atoms with Crippen LogP contribution in [0.25, 0.3) is 0 Å². The minimum Gasteiger partial charge on any atom is -0.466 e. The smallest absolute Gasteiger partial charge is 0.305 e. The highest BCUT2D eigenvalue weighted by molar-refractivity contribution is 5.76. The molecule has 0 bridgehead atoms. The monoisotopic (exact) mass is 1220 g/mol. The van der Waals surface area contributed by atoms with Crippen molar-refractivity contribution in [1.82, 2.24) is 5.32 Å². The van der Waals surface area contributed by atoms with Gasteiger partial charge in [-0.25, -0.2) is 0 Å². The third kappa shape index (κ3) is 72.8. The molecule has 0 radical (unpaired) electrons. The molecule has 0 fully saturated rings. The summed E-state index contributed by atoms with van der Waals surface area (Å²) in [5.41, 5.74) is 0. The van der Waals surface area contributed by atoms with E-state index in [9.17, 15) is 19.8 Å². The molecule has 6 heteroatoms. The predicted octanol–water partition coefficient (Wildman–Crippen LogP) is 26.0. The van der Waals surface area contributed by atoms with Crippen molar-refractivity contribution in [2.45, 2.75) is 443 Å². The Morgan fingerprint density at radius 2 is 0.575 bits per heavy atom. The molecule has 2 atom stereocenters. The lowest BCUT2D eigenvalue weighted by molar-refractivity contribution is -0.143. The van der Waals surface area contributed by atoms with Gasteiger partial charge in [-0.05, 0) is 89.9 Å². The first-order valence-electron chi connectivity index (χ1n) is 39.4. The number of hydrogen-bond donors (Lipinski definition) is 3. The fraction of sp³-hybridized carbons (Fsp3) is 0.877. The van der Waals surface area contributed by atoms with Crippen molar-refractivity contribution in [2.24, 2.45) is 0 Å². The number of esters is 1. The van der Waals surface area contributed by atoms with Gasteiger partial charge in [-0.15, -0.1) is 0 Å². The molecule has 512 valence electrons. The number of carbonyl (C=O) groups is 2. The van der Waals surface area contributed by atoms with Crippen LogP contribution in [-0.4, -0.2) is 47.4 Å². The van der Waals surface area contributed by atoms with Gasteiger partial charge in [0, 0.05) is 12.8 Å². The molecule has 0 aliphatic heterocycles. The molecule has 0 saturated heterocycles. The summed E-state index contributed by atoms with van der Waals surface area (Å²) in [7, 11) is 0. The van der Waals surface area contributed by atoms with Crippen molar-refractivity contribution in [1.29, 1.82) is 0 Å². The van der Waals surface area contributed by atoms with Crippen molar-refractivity contribution in [3.05, 3.63) is 48.6 Å². The Labute approximate surface area is 544 Å². The zero-order valence-electron chi connectivity index (χ0n) is 58.8. The molecule has 3 N–H and O–H groups in total. The molecule has 0 aromatic carbocycles.